The average molecular weight is 676 g/mol. The van der Waals surface area contributed by atoms with Gasteiger partial charge in [0.15, 0.2) is 0 Å². The molecule has 0 bridgehead atoms. The molecule has 0 spiro atoms. The number of benzene rings is 1. The fourth-order valence-electron chi connectivity index (χ4n) is 8.02. The predicted octanol–water partition coefficient (Wildman–Crippen LogP) is 5.05. The number of esters is 1. The number of carbonyl (C=O) groups is 4. The largest absolute Gasteiger partial charge is 0.508 e. The number of carbonyl (C=O) groups excluding carboxylic acids is 4. The van der Waals surface area contributed by atoms with Crippen LogP contribution in [0.3, 0.4) is 0 Å². The van der Waals surface area contributed by atoms with Crippen LogP contribution in [0.4, 0.5) is 4.79 Å². The number of fused-ring (bicyclic) bond motifs is 5. The quantitative estimate of drug-likeness (QED) is 0.0625. The molecule has 4 rings (SSSR count). The van der Waals surface area contributed by atoms with Crippen molar-refractivity contribution in [3.05, 3.63) is 34.2 Å². The van der Waals surface area contributed by atoms with E-state index in [1.807, 2.05) is 6.07 Å². The Balaban J connectivity index is 1.05. The van der Waals surface area contributed by atoms with E-state index in [-0.39, 0.29) is 54.6 Å². The Labute approximate surface area is 282 Å². The zero-order valence-electron chi connectivity index (χ0n) is 27.6. The lowest BCUT2D eigenvalue weighted by Crippen LogP contribution is -2.49. The number of nitrogens with one attached hydrogen (secondary N) is 3. The average Bonchev–Trinajstić information content (AvgIpc) is 3.38. The molecule has 4 amide bonds. The van der Waals surface area contributed by atoms with Gasteiger partial charge in [-0.1, -0.05) is 25.8 Å². The van der Waals surface area contributed by atoms with Gasteiger partial charge in [-0.05, 0) is 99.3 Å². The van der Waals surface area contributed by atoms with E-state index in [0.717, 1.165) is 64.2 Å². The molecule has 260 valence electrons. The number of rotatable bonds is 16. The molecule has 0 aliphatic heterocycles. The molecule has 6 atom stereocenters. The second-order valence-corrected chi connectivity index (χ2v) is 13.9. The molecule has 3 aliphatic rings. The summed E-state index contributed by atoms with van der Waals surface area (Å²) in [5.41, 5.74) is 2.63. The molecule has 13 heteroatoms. The third-order valence-corrected chi connectivity index (χ3v) is 10.7. The maximum absolute atomic E-state index is 12.8. The molecule has 0 saturated heterocycles. The minimum Gasteiger partial charge on any atom is -0.508 e. The van der Waals surface area contributed by atoms with Crippen molar-refractivity contribution in [1.82, 2.24) is 21.0 Å². The number of amides is 4. The standard InChI is InChI=1S/C34H50ClN5O7/c1-22(38-33(45)40(39-46)20-17-35)32(44)37-19-6-4-3-5-18-36-30(42)13-14-31(43)47-29-12-11-28-27-9-7-23-21-24(41)8-10-25(23)26(27)15-16-34(28,29)2/h8,10,21-22,26-29,41H,3-7,9,11-20H2,1-2H3,(H,36,42)(H,37,44)(H,38,45)/t22?,26-,27-,28+,29+,34+/m1/s1. The number of ether oxygens (including phenoxy) is 1. The van der Waals surface area contributed by atoms with Crippen molar-refractivity contribution in [1.29, 1.82) is 0 Å². The van der Waals surface area contributed by atoms with Crippen molar-refractivity contribution in [2.45, 2.75) is 109 Å². The van der Waals surface area contributed by atoms with E-state index >= 15 is 0 Å². The minimum absolute atomic E-state index is 0.0362. The van der Waals surface area contributed by atoms with Gasteiger partial charge in [0.25, 0.3) is 0 Å². The maximum atomic E-state index is 12.8. The number of alkyl halides is 1. The zero-order valence-corrected chi connectivity index (χ0v) is 28.4. The molecule has 2 saturated carbocycles. The molecule has 4 N–H and O–H groups in total. The lowest BCUT2D eigenvalue weighted by atomic mass is 9.55. The van der Waals surface area contributed by atoms with Crippen molar-refractivity contribution in [2.24, 2.45) is 22.5 Å². The number of urea groups is 1. The molecule has 3 aliphatic carbocycles. The van der Waals surface area contributed by atoms with Gasteiger partial charge in [0.1, 0.15) is 17.9 Å². The molecule has 12 nitrogen and oxygen atoms in total. The van der Waals surface area contributed by atoms with Crippen LogP contribution < -0.4 is 16.0 Å². The van der Waals surface area contributed by atoms with Crippen molar-refractivity contribution >= 4 is 35.4 Å². The first kappa shape index (κ1) is 36.4. The highest BCUT2D eigenvalue weighted by molar-refractivity contribution is 6.18. The monoisotopic (exact) mass is 675 g/mol. The van der Waals surface area contributed by atoms with E-state index in [4.69, 9.17) is 16.3 Å². The van der Waals surface area contributed by atoms with Crippen LogP contribution in [0.1, 0.15) is 102 Å². The highest BCUT2D eigenvalue weighted by atomic mass is 35.5. The number of halogens is 1. The van der Waals surface area contributed by atoms with Crippen LogP contribution >= 0.6 is 11.6 Å². The number of nitroso groups, excluding NO2 is 1. The Morgan fingerprint density at radius 3 is 2.53 bits per heavy atom. The van der Waals surface area contributed by atoms with E-state index in [1.165, 1.54) is 18.1 Å². The van der Waals surface area contributed by atoms with Gasteiger partial charge in [0, 0.05) is 30.8 Å². The predicted molar refractivity (Wildman–Crippen MR) is 178 cm³/mol. The van der Waals surface area contributed by atoms with Crippen LogP contribution in [0.2, 0.25) is 0 Å². The molecule has 47 heavy (non-hydrogen) atoms. The van der Waals surface area contributed by atoms with Crippen LogP contribution in [0, 0.1) is 22.2 Å². The summed E-state index contributed by atoms with van der Waals surface area (Å²) in [6.45, 7) is 4.70. The van der Waals surface area contributed by atoms with E-state index in [1.54, 1.807) is 6.07 Å². The van der Waals surface area contributed by atoms with Crippen LogP contribution in [0.25, 0.3) is 0 Å². The minimum atomic E-state index is -0.833. The van der Waals surface area contributed by atoms with Crippen LogP contribution in [-0.2, 0) is 25.5 Å². The lowest BCUT2D eigenvalue weighted by Gasteiger charge is -2.50. The van der Waals surface area contributed by atoms with Gasteiger partial charge in [0.05, 0.1) is 18.3 Å². The number of aromatic hydroxyl groups is 1. The fraction of sp³-hybridized carbons (Fsp3) is 0.706. The smallest absolute Gasteiger partial charge is 0.341 e. The summed E-state index contributed by atoms with van der Waals surface area (Å²) in [6, 6.07) is 4.22. The zero-order chi connectivity index (χ0) is 34.0. The van der Waals surface area contributed by atoms with Gasteiger partial charge in [-0.3, -0.25) is 14.4 Å². The first-order valence-corrected chi connectivity index (χ1v) is 17.6. The second kappa shape index (κ2) is 17.1. The van der Waals surface area contributed by atoms with E-state index in [9.17, 15) is 29.2 Å². The van der Waals surface area contributed by atoms with Gasteiger partial charge in [-0.25, -0.2) is 4.79 Å². The highest BCUT2D eigenvalue weighted by Crippen LogP contribution is 2.61. The van der Waals surface area contributed by atoms with Gasteiger partial charge < -0.3 is 25.8 Å². The number of aryl methyl sites for hydroxylation is 1. The summed E-state index contributed by atoms with van der Waals surface area (Å²) >= 11 is 5.52. The summed E-state index contributed by atoms with van der Waals surface area (Å²) in [6.07, 6.45) is 9.39. The molecule has 1 aromatic rings. The Kier molecular flexibility index (Phi) is 13.3. The summed E-state index contributed by atoms with van der Waals surface area (Å²) in [5.74, 6) is 1.14. The van der Waals surface area contributed by atoms with Crippen molar-refractivity contribution < 1.29 is 29.0 Å². The van der Waals surface area contributed by atoms with E-state index in [2.05, 4.69) is 34.2 Å². The number of nitrogens with zero attached hydrogens (tertiary/aromatic N) is 2. The van der Waals surface area contributed by atoms with Crippen molar-refractivity contribution in [3.63, 3.8) is 0 Å². The SMILES string of the molecule is CC(NC(=O)N(CCCl)N=O)C(=O)NCCCCCCNC(=O)CCC(=O)O[C@H]1CC[C@H]2[C@@H]3CCc4cc(O)ccc4[C@H]3CC[C@]12C. The lowest BCUT2D eigenvalue weighted by molar-refractivity contribution is -0.158. The van der Waals surface area contributed by atoms with Crippen LogP contribution in [0.5, 0.6) is 5.75 Å². The molecular formula is C34H50ClN5O7. The van der Waals surface area contributed by atoms with Gasteiger partial charge >= 0.3 is 12.0 Å². The summed E-state index contributed by atoms with van der Waals surface area (Å²) in [4.78, 5) is 59.9. The molecule has 1 unspecified atom stereocenters. The third kappa shape index (κ3) is 9.36. The van der Waals surface area contributed by atoms with Crippen LogP contribution in [0.15, 0.2) is 23.5 Å². The van der Waals surface area contributed by atoms with Crippen LogP contribution in [-0.4, -0.2) is 71.6 Å². The Morgan fingerprint density at radius 1 is 1.06 bits per heavy atom. The first-order chi connectivity index (χ1) is 22.6. The van der Waals surface area contributed by atoms with E-state index in [0.29, 0.717) is 41.6 Å². The number of phenols is 1. The van der Waals surface area contributed by atoms with E-state index < -0.39 is 12.1 Å². The van der Waals surface area contributed by atoms with Gasteiger partial charge in [-0.15, -0.1) is 16.5 Å². The molecule has 2 fully saturated rings. The molecule has 1 aromatic carbocycles. The van der Waals surface area contributed by atoms with Crippen molar-refractivity contribution in [3.8, 4) is 5.75 Å². The summed E-state index contributed by atoms with van der Waals surface area (Å²) < 4.78 is 6.03. The molecular weight excluding hydrogens is 626 g/mol. The molecule has 0 aromatic heterocycles. The number of hydrogen-bond acceptors (Lipinski definition) is 8. The Hall–Kier alpha value is -3.41. The number of phenolic OH excluding ortho intramolecular Hbond substituents is 1. The van der Waals surface area contributed by atoms with Gasteiger partial charge in [-0.2, -0.15) is 5.01 Å². The van der Waals surface area contributed by atoms with Gasteiger partial charge in [0.2, 0.25) is 11.8 Å². The Morgan fingerprint density at radius 2 is 1.81 bits per heavy atom. The Bertz CT molecular complexity index is 1280. The summed E-state index contributed by atoms with van der Waals surface area (Å²) in [5, 5.41) is 21.2. The molecule has 0 radical (unpaired) electrons. The second-order valence-electron chi connectivity index (χ2n) is 13.5. The third-order valence-electron chi connectivity index (χ3n) is 10.5. The first-order valence-electron chi connectivity index (χ1n) is 17.1. The maximum Gasteiger partial charge on any atom is 0.341 e. The summed E-state index contributed by atoms with van der Waals surface area (Å²) in [7, 11) is 0. The fourth-order valence-corrected chi connectivity index (χ4v) is 8.18. The van der Waals surface area contributed by atoms with Crippen molar-refractivity contribution in [2.75, 3.05) is 25.5 Å². The molecule has 0 heterocycles. The normalized spacial score (nSPS) is 24.9. The number of unbranched alkanes of at least 4 members (excludes halogenated alkanes) is 3. The number of hydrogen-bond donors (Lipinski definition) is 4. The highest BCUT2D eigenvalue weighted by Gasteiger charge is 2.56. The topological polar surface area (TPSA) is 166 Å².